The Bertz CT molecular complexity index is 554. The smallest absolute Gasteiger partial charge is 0.218 e. The normalized spacial score (nSPS) is 20.3. The molecule has 0 radical (unpaired) electrons. The number of nitrogens with zero attached hydrogens (tertiary/aromatic N) is 1. The van der Waals surface area contributed by atoms with Gasteiger partial charge in [-0.15, -0.1) is 12.4 Å². The third-order valence-corrected chi connectivity index (χ3v) is 5.02. The molecule has 2 rings (SSSR count). The van der Waals surface area contributed by atoms with Gasteiger partial charge in [0.1, 0.15) is 5.82 Å². The molecule has 108 valence electrons. The van der Waals surface area contributed by atoms with Crippen molar-refractivity contribution in [2.45, 2.75) is 18.2 Å². The van der Waals surface area contributed by atoms with E-state index in [1.165, 1.54) is 22.5 Å². The molecule has 0 amide bonds. The van der Waals surface area contributed by atoms with Gasteiger partial charge >= 0.3 is 0 Å². The van der Waals surface area contributed by atoms with Crippen molar-refractivity contribution in [3.63, 3.8) is 0 Å². The van der Waals surface area contributed by atoms with Gasteiger partial charge in [-0.1, -0.05) is 17.7 Å². The zero-order chi connectivity index (χ0) is 13.3. The first-order valence-corrected chi connectivity index (χ1v) is 7.54. The van der Waals surface area contributed by atoms with Crippen molar-refractivity contribution in [3.8, 4) is 0 Å². The maximum atomic E-state index is 13.0. The van der Waals surface area contributed by atoms with E-state index < -0.39 is 15.8 Å². The number of nitrogens with two attached hydrogens (primary N) is 1. The molecule has 1 saturated heterocycles. The molecule has 1 unspecified atom stereocenters. The van der Waals surface area contributed by atoms with Gasteiger partial charge in [0.2, 0.25) is 10.0 Å². The van der Waals surface area contributed by atoms with Gasteiger partial charge < -0.3 is 5.73 Å². The standard InChI is InChI=1S/C11H14ClFN2O2S.ClH/c12-10-5-8(1-2-11(10)13)7-18(16,17)15-4-3-9(14)6-15;/h1-2,5,9H,3-4,6-7,14H2;1H. The molecule has 0 aromatic heterocycles. The highest BCUT2D eigenvalue weighted by atomic mass is 35.5. The summed E-state index contributed by atoms with van der Waals surface area (Å²) in [4.78, 5) is 0. The number of hydrogen-bond donors (Lipinski definition) is 1. The Labute approximate surface area is 123 Å². The summed E-state index contributed by atoms with van der Waals surface area (Å²) in [6.45, 7) is 0.787. The molecule has 0 aliphatic carbocycles. The van der Waals surface area contributed by atoms with Crippen LogP contribution in [0.15, 0.2) is 18.2 Å². The second-order valence-electron chi connectivity index (χ2n) is 4.41. The number of hydrogen-bond acceptors (Lipinski definition) is 3. The molecule has 1 aliphatic heterocycles. The Morgan fingerprint density at radius 3 is 2.68 bits per heavy atom. The predicted molar refractivity (Wildman–Crippen MR) is 75.4 cm³/mol. The van der Waals surface area contributed by atoms with E-state index in [2.05, 4.69) is 0 Å². The Morgan fingerprint density at radius 1 is 1.47 bits per heavy atom. The van der Waals surface area contributed by atoms with E-state index >= 15 is 0 Å². The van der Waals surface area contributed by atoms with Crippen LogP contribution in [-0.4, -0.2) is 31.9 Å². The molecule has 1 heterocycles. The molecule has 1 aromatic rings. The van der Waals surface area contributed by atoms with Crippen LogP contribution >= 0.6 is 24.0 Å². The van der Waals surface area contributed by atoms with E-state index in [0.717, 1.165) is 0 Å². The lowest BCUT2D eigenvalue weighted by atomic mass is 10.2. The first-order chi connectivity index (χ1) is 8.38. The van der Waals surface area contributed by atoms with Crippen molar-refractivity contribution in [1.29, 1.82) is 0 Å². The zero-order valence-corrected chi connectivity index (χ0v) is 12.4. The Hall–Kier alpha value is -0.400. The molecule has 8 heteroatoms. The summed E-state index contributed by atoms with van der Waals surface area (Å²) in [6, 6.07) is 3.83. The molecule has 0 bridgehead atoms. The Morgan fingerprint density at radius 2 is 2.16 bits per heavy atom. The van der Waals surface area contributed by atoms with Gasteiger partial charge in [0, 0.05) is 19.1 Å². The zero-order valence-electron chi connectivity index (χ0n) is 10.1. The van der Waals surface area contributed by atoms with Crippen molar-refractivity contribution < 1.29 is 12.8 Å². The van der Waals surface area contributed by atoms with E-state index in [0.29, 0.717) is 25.1 Å². The minimum Gasteiger partial charge on any atom is -0.326 e. The van der Waals surface area contributed by atoms with Gasteiger partial charge in [-0.05, 0) is 24.1 Å². The largest absolute Gasteiger partial charge is 0.326 e. The molecule has 0 spiro atoms. The summed E-state index contributed by atoms with van der Waals surface area (Å²) in [5.74, 6) is -0.735. The quantitative estimate of drug-likeness (QED) is 0.919. The Kier molecular flexibility index (Phi) is 5.58. The third-order valence-electron chi connectivity index (χ3n) is 2.91. The SMILES string of the molecule is Cl.NC1CCN(S(=O)(=O)Cc2ccc(F)c(Cl)c2)C1. The summed E-state index contributed by atoms with van der Waals surface area (Å²) in [7, 11) is -3.40. The van der Waals surface area contributed by atoms with Gasteiger partial charge in [-0.2, -0.15) is 0 Å². The number of rotatable bonds is 3. The molecular formula is C11H15Cl2FN2O2S. The summed E-state index contributed by atoms with van der Waals surface area (Å²) >= 11 is 5.62. The summed E-state index contributed by atoms with van der Waals surface area (Å²) in [5.41, 5.74) is 6.16. The topological polar surface area (TPSA) is 63.4 Å². The fourth-order valence-corrected chi connectivity index (χ4v) is 3.73. The molecule has 1 fully saturated rings. The van der Waals surface area contributed by atoms with Crippen LogP contribution in [0.5, 0.6) is 0 Å². The molecule has 19 heavy (non-hydrogen) atoms. The van der Waals surface area contributed by atoms with Crippen molar-refractivity contribution in [2.24, 2.45) is 5.73 Å². The minimum atomic E-state index is -3.40. The van der Waals surface area contributed by atoms with Gasteiger partial charge in [-0.3, -0.25) is 0 Å². The van der Waals surface area contributed by atoms with Crippen molar-refractivity contribution in [1.82, 2.24) is 4.31 Å². The average molecular weight is 329 g/mol. The van der Waals surface area contributed by atoms with Crippen LogP contribution in [0.1, 0.15) is 12.0 Å². The van der Waals surface area contributed by atoms with Gasteiger partial charge in [0.05, 0.1) is 10.8 Å². The van der Waals surface area contributed by atoms with E-state index in [1.54, 1.807) is 0 Å². The second-order valence-corrected chi connectivity index (χ2v) is 6.79. The maximum Gasteiger partial charge on any atom is 0.218 e. The molecule has 0 saturated carbocycles. The lowest BCUT2D eigenvalue weighted by Gasteiger charge is -2.16. The third kappa shape index (κ3) is 4.03. The monoisotopic (exact) mass is 328 g/mol. The van der Waals surface area contributed by atoms with Gasteiger partial charge in [0.25, 0.3) is 0 Å². The highest BCUT2D eigenvalue weighted by Crippen LogP contribution is 2.20. The number of benzene rings is 1. The van der Waals surface area contributed by atoms with Crippen LogP contribution in [0.25, 0.3) is 0 Å². The first kappa shape index (κ1) is 16.7. The van der Waals surface area contributed by atoms with Crippen LogP contribution in [0.4, 0.5) is 4.39 Å². The van der Waals surface area contributed by atoms with Gasteiger partial charge in [-0.25, -0.2) is 17.1 Å². The summed E-state index contributed by atoms with van der Waals surface area (Å²) < 4.78 is 38.5. The van der Waals surface area contributed by atoms with Crippen LogP contribution in [0, 0.1) is 5.82 Å². The number of halogens is 3. The second kappa shape index (κ2) is 6.37. The average Bonchev–Trinajstić information content (AvgIpc) is 2.71. The van der Waals surface area contributed by atoms with Crippen molar-refractivity contribution >= 4 is 34.0 Å². The van der Waals surface area contributed by atoms with Crippen LogP contribution in [-0.2, 0) is 15.8 Å². The van der Waals surface area contributed by atoms with Crippen molar-refractivity contribution in [2.75, 3.05) is 13.1 Å². The molecule has 1 atom stereocenters. The highest BCUT2D eigenvalue weighted by Gasteiger charge is 2.29. The van der Waals surface area contributed by atoms with Gasteiger partial charge in [0.15, 0.2) is 0 Å². The molecule has 1 aliphatic rings. The fourth-order valence-electron chi connectivity index (χ4n) is 1.94. The lowest BCUT2D eigenvalue weighted by molar-refractivity contribution is 0.471. The maximum absolute atomic E-state index is 13.0. The molecule has 1 aromatic carbocycles. The van der Waals surface area contributed by atoms with E-state index in [9.17, 15) is 12.8 Å². The van der Waals surface area contributed by atoms with Crippen LogP contribution in [0.3, 0.4) is 0 Å². The van der Waals surface area contributed by atoms with Crippen LogP contribution in [0.2, 0.25) is 5.02 Å². The fraction of sp³-hybridized carbons (Fsp3) is 0.455. The van der Waals surface area contributed by atoms with Crippen LogP contribution < -0.4 is 5.73 Å². The summed E-state index contributed by atoms with van der Waals surface area (Å²) in [5, 5.41) is -0.0687. The number of sulfonamides is 1. The minimum absolute atomic E-state index is 0. The van der Waals surface area contributed by atoms with Crippen molar-refractivity contribution in [3.05, 3.63) is 34.6 Å². The molecule has 4 nitrogen and oxygen atoms in total. The predicted octanol–water partition coefficient (Wildman–Crippen LogP) is 1.76. The highest BCUT2D eigenvalue weighted by molar-refractivity contribution is 7.88. The van der Waals surface area contributed by atoms with E-state index in [-0.39, 0.29) is 29.2 Å². The lowest BCUT2D eigenvalue weighted by Crippen LogP contribution is -2.32. The molecular weight excluding hydrogens is 314 g/mol. The Balaban J connectivity index is 0.00000180. The first-order valence-electron chi connectivity index (χ1n) is 5.56. The van der Waals surface area contributed by atoms with E-state index in [4.69, 9.17) is 17.3 Å². The summed E-state index contributed by atoms with van der Waals surface area (Å²) in [6.07, 6.45) is 0.670. The van der Waals surface area contributed by atoms with E-state index in [1.807, 2.05) is 0 Å². The molecule has 2 N–H and O–H groups in total.